The third-order valence-corrected chi connectivity index (χ3v) is 3.71. The summed E-state index contributed by atoms with van der Waals surface area (Å²) < 4.78 is 14.6. The van der Waals surface area contributed by atoms with Gasteiger partial charge in [-0.05, 0) is 48.9 Å². The van der Waals surface area contributed by atoms with Crippen molar-refractivity contribution < 1.29 is 4.39 Å². The molecular formula is C15H12BrFN2. The molecule has 0 saturated carbocycles. The fourth-order valence-electron chi connectivity index (χ4n) is 1.73. The third-order valence-electron chi connectivity index (χ3n) is 2.82. The van der Waals surface area contributed by atoms with Gasteiger partial charge in [-0.3, -0.25) is 0 Å². The molecule has 0 aliphatic carbocycles. The van der Waals surface area contributed by atoms with Gasteiger partial charge in [0, 0.05) is 22.3 Å². The van der Waals surface area contributed by atoms with Crippen LogP contribution in [0.4, 0.5) is 10.1 Å². The first-order valence-corrected chi connectivity index (χ1v) is 6.58. The number of benzene rings is 2. The molecule has 0 saturated heterocycles. The van der Waals surface area contributed by atoms with Gasteiger partial charge in [-0.25, -0.2) is 4.39 Å². The van der Waals surface area contributed by atoms with E-state index in [1.165, 1.54) is 12.1 Å². The van der Waals surface area contributed by atoms with Crippen molar-refractivity contribution in [3.63, 3.8) is 0 Å². The van der Waals surface area contributed by atoms with Crippen LogP contribution in [0.15, 0.2) is 40.9 Å². The highest BCUT2D eigenvalue weighted by Gasteiger charge is 2.04. The molecule has 2 nitrogen and oxygen atoms in total. The van der Waals surface area contributed by atoms with E-state index in [1.54, 1.807) is 6.07 Å². The largest absolute Gasteiger partial charge is 0.381 e. The van der Waals surface area contributed by atoms with E-state index >= 15 is 0 Å². The van der Waals surface area contributed by atoms with E-state index in [4.69, 9.17) is 5.26 Å². The third kappa shape index (κ3) is 3.33. The van der Waals surface area contributed by atoms with Crippen LogP contribution in [0, 0.1) is 24.1 Å². The minimum Gasteiger partial charge on any atom is -0.381 e. The zero-order chi connectivity index (χ0) is 13.8. The second kappa shape index (κ2) is 5.85. The Bertz CT molecular complexity index is 647. The van der Waals surface area contributed by atoms with E-state index in [1.807, 2.05) is 31.2 Å². The summed E-state index contributed by atoms with van der Waals surface area (Å²) in [5.74, 6) is -0.305. The van der Waals surface area contributed by atoms with Crippen molar-refractivity contribution in [2.24, 2.45) is 0 Å². The van der Waals surface area contributed by atoms with Gasteiger partial charge < -0.3 is 5.32 Å². The quantitative estimate of drug-likeness (QED) is 0.911. The first-order chi connectivity index (χ1) is 9.10. The lowest BCUT2D eigenvalue weighted by molar-refractivity contribution is 0.612. The minimum absolute atomic E-state index is 0.305. The number of nitriles is 1. The van der Waals surface area contributed by atoms with Gasteiger partial charge in [0.1, 0.15) is 5.82 Å². The summed E-state index contributed by atoms with van der Waals surface area (Å²) in [6.07, 6.45) is 0. The van der Waals surface area contributed by atoms with Crippen LogP contribution in [0.5, 0.6) is 0 Å². The number of hydrogen-bond acceptors (Lipinski definition) is 2. The maximum atomic E-state index is 13.6. The van der Waals surface area contributed by atoms with E-state index in [-0.39, 0.29) is 5.82 Å². The Morgan fingerprint density at radius 3 is 2.74 bits per heavy atom. The highest BCUT2D eigenvalue weighted by atomic mass is 79.9. The Kier molecular flexibility index (Phi) is 4.18. The summed E-state index contributed by atoms with van der Waals surface area (Å²) in [6, 6.07) is 12.2. The van der Waals surface area contributed by atoms with Crippen molar-refractivity contribution >= 4 is 21.6 Å². The van der Waals surface area contributed by atoms with Gasteiger partial charge in [0.05, 0.1) is 11.6 Å². The van der Waals surface area contributed by atoms with Gasteiger partial charge in [0.2, 0.25) is 0 Å². The van der Waals surface area contributed by atoms with Gasteiger partial charge in [0.15, 0.2) is 0 Å². The van der Waals surface area contributed by atoms with Gasteiger partial charge in [-0.1, -0.05) is 15.9 Å². The van der Waals surface area contributed by atoms with Crippen molar-refractivity contribution in [3.05, 3.63) is 63.4 Å². The van der Waals surface area contributed by atoms with Crippen molar-refractivity contribution in [3.8, 4) is 6.07 Å². The predicted molar refractivity (Wildman–Crippen MR) is 77.3 cm³/mol. The Balaban J connectivity index is 2.14. The Hall–Kier alpha value is -1.86. The molecular weight excluding hydrogens is 307 g/mol. The van der Waals surface area contributed by atoms with Crippen molar-refractivity contribution in [2.75, 3.05) is 5.32 Å². The normalized spacial score (nSPS) is 10.0. The fourth-order valence-corrected chi connectivity index (χ4v) is 1.98. The fraction of sp³-hybridized carbons (Fsp3) is 0.133. The molecule has 0 bridgehead atoms. The zero-order valence-electron chi connectivity index (χ0n) is 10.4. The van der Waals surface area contributed by atoms with Crippen molar-refractivity contribution in [2.45, 2.75) is 13.5 Å². The first kappa shape index (κ1) is 13.6. The SMILES string of the molecule is Cc1cc(NCc2cc(C#N)ccc2F)ccc1Br. The molecule has 2 rings (SSSR count). The summed E-state index contributed by atoms with van der Waals surface area (Å²) in [7, 11) is 0. The first-order valence-electron chi connectivity index (χ1n) is 5.78. The summed E-state index contributed by atoms with van der Waals surface area (Å²) in [5, 5.41) is 12.0. The summed E-state index contributed by atoms with van der Waals surface area (Å²) in [6.45, 7) is 2.34. The molecule has 2 aromatic rings. The van der Waals surface area contributed by atoms with Crippen LogP contribution < -0.4 is 5.32 Å². The van der Waals surface area contributed by atoms with E-state index in [0.29, 0.717) is 17.7 Å². The maximum Gasteiger partial charge on any atom is 0.128 e. The lowest BCUT2D eigenvalue weighted by Crippen LogP contribution is -2.02. The molecule has 0 aromatic heterocycles. The molecule has 2 aromatic carbocycles. The molecule has 4 heteroatoms. The molecule has 96 valence electrons. The molecule has 0 unspecified atom stereocenters. The molecule has 0 fully saturated rings. The van der Waals surface area contributed by atoms with Crippen molar-refractivity contribution in [1.82, 2.24) is 0 Å². The number of anilines is 1. The number of rotatable bonds is 3. The monoisotopic (exact) mass is 318 g/mol. The van der Waals surface area contributed by atoms with E-state index in [0.717, 1.165) is 15.7 Å². The summed E-state index contributed by atoms with van der Waals surface area (Å²) in [4.78, 5) is 0. The molecule has 0 radical (unpaired) electrons. The van der Waals surface area contributed by atoms with Crippen LogP contribution >= 0.6 is 15.9 Å². The number of nitrogens with zero attached hydrogens (tertiary/aromatic N) is 1. The smallest absolute Gasteiger partial charge is 0.128 e. The van der Waals surface area contributed by atoms with Crippen molar-refractivity contribution in [1.29, 1.82) is 5.26 Å². The van der Waals surface area contributed by atoms with Gasteiger partial charge >= 0.3 is 0 Å². The molecule has 0 spiro atoms. The molecule has 0 heterocycles. The summed E-state index contributed by atoms with van der Waals surface area (Å²) >= 11 is 3.43. The van der Waals surface area contributed by atoms with E-state index < -0.39 is 0 Å². The topological polar surface area (TPSA) is 35.8 Å². The lowest BCUT2D eigenvalue weighted by Gasteiger charge is -2.09. The second-order valence-corrected chi connectivity index (χ2v) is 5.09. The molecule has 0 atom stereocenters. The number of halogens is 2. The van der Waals surface area contributed by atoms with Crippen LogP contribution in [0.1, 0.15) is 16.7 Å². The summed E-state index contributed by atoms with van der Waals surface area (Å²) in [5.41, 5.74) is 2.98. The molecule has 1 N–H and O–H groups in total. The highest BCUT2D eigenvalue weighted by Crippen LogP contribution is 2.21. The Labute approximate surface area is 120 Å². The maximum absolute atomic E-state index is 13.6. The Morgan fingerprint density at radius 2 is 2.05 bits per heavy atom. The van der Waals surface area contributed by atoms with Crippen LogP contribution in [-0.2, 0) is 6.54 Å². The molecule has 19 heavy (non-hydrogen) atoms. The molecule has 0 amide bonds. The number of aryl methyl sites for hydroxylation is 1. The predicted octanol–water partition coefficient (Wildman–Crippen LogP) is 4.38. The highest BCUT2D eigenvalue weighted by molar-refractivity contribution is 9.10. The van der Waals surface area contributed by atoms with Gasteiger partial charge in [-0.15, -0.1) is 0 Å². The van der Waals surface area contributed by atoms with Gasteiger partial charge in [0.25, 0.3) is 0 Å². The lowest BCUT2D eigenvalue weighted by atomic mass is 10.1. The average molecular weight is 319 g/mol. The van der Waals surface area contributed by atoms with E-state index in [2.05, 4.69) is 21.2 Å². The molecule has 0 aliphatic heterocycles. The molecule has 0 aliphatic rings. The van der Waals surface area contributed by atoms with E-state index in [9.17, 15) is 4.39 Å². The minimum atomic E-state index is -0.305. The Morgan fingerprint density at radius 1 is 1.26 bits per heavy atom. The average Bonchev–Trinajstić information content (AvgIpc) is 2.41. The van der Waals surface area contributed by atoms with Crippen LogP contribution in [0.2, 0.25) is 0 Å². The second-order valence-electron chi connectivity index (χ2n) is 4.24. The number of hydrogen-bond donors (Lipinski definition) is 1. The van der Waals surface area contributed by atoms with Crippen LogP contribution in [0.3, 0.4) is 0 Å². The van der Waals surface area contributed by atoms with Crippen LogP contribution in [0.25, 0.3) is 0 Å². The van der Waals surface area contributed by atoms with Gasteiger partial charge in [-0.2, -0.15) is 5.26 Å². The standard InChI is InChI=1S/C15H12BrFN2/c1-10-6-13(3-4-14(10)16)19-9-12-7-11(8-18)2-5-15(12)17/h2-7,19H,9H2,1H3. The zero-order valence-corrected chi connectivity index (χ0v) is 12.0. The number of nitrogens with one attached hydrogen (secondary N) is 1. The van der Waals surface area contributed by atoms with Crippen LogP contribution in [-0.4, -0.2) is 0 Å².